The SMILES string of the molecule is CCOC(=O)c1ccc(CN2C(=O)C(O)=C(C(=O)c3cc4cccc(OC)c4o3)C2c2ccncc2)cc1. The molecule has 0 spiro atoms. The topological polar surface area (TPSA) is 119 Å². The van der Waals surface area contributed by atoms with Crippen LogP contribution in [0, 0.1) is 0 Å². The Morgan fingerprint density at radius 2 is 1.82 bits per heavy atom. The zero-order valence-electron chi connectivity index (χ0n) is 20.7. The van der Waals surface area contributed by atoms with Crippen LogP contribution in [0.2, 0.25) is 0 Å². The number of hydrogen-bond acceptors (Lipinski definition) is 8. The molecule has 5 rings (SSSR count). The summed E-state index contributed by atoms with van der Waals surface area (Å²) in [5.74, 6) is -1.97. The fraction of sp³-hybridized carbons (Fsp3) is 0.172. The van der Waals surface area contributed by atoms with Crippen LogP contribution in [0.1, 0.15) is 45.0 Å². The molecule has 0 fully saturated rings. The van der Waals surface area contributed by atoms with Crippen LogP contribution in [0.15, 0.2) is 88.8 Å². The molecule has 1 atom stereocenters. The number of ether oxygens (including phenoxy) is 2. The number of methoxy groups -OCH3 is 1. The monoisotopic (exact) mass is 512 g/mol. The van der Waals surface area contributed by atoms with Crippen molar-refractivity contribution < 1.29 is 33.4 Å². The van der Waals surface area contributed by atoms with Crippen LogP contribution < -0.4 is 4.74 Å². The molecular weight excluding hydrogens is 488 g/mol. The van der Waals surface area contributed by atoms with Crippen LogP contribution in [0.5, 0.6) is 5.75 Å². The number of carbonyl (C=O) groups is 3. The quantitative estimate of drug-likeness (QED) is 0.264. The Morgan fingerprint density at radius 1 is 1.08 bits per heavy atom. The van der Waals surface area contributed by atoms with Gasteiger partial charge in [0.15, 0.2) is 22.9 Å². The third kappa shape index (κ3) is 4.39. The highest BCUT2D eigenvalue weighted by Gasteiger charge is 2.44. The summed E-state index contributed by atoms with van der Waals surface area (Å²) < 4.78 is 16.2. The first kappa shape index (κ1) is 24.8. The highest BCUT2D eigenvalue weighted by atomic mass is 16.5. The van der Waals surface area contributed by atoms with Gasteiger partial charge in [-0.15, -0.1) is 0 Å². The number of fused-ring (bicyclic) bond motifs is 1. The van der Waals surface area contributed by atoms with E-state index in [1.54, 1.807) is 80.0 Å². The van der Waals surface area contributed by atoms with E-state index in [1.807, 2.05) is 0 Å². The lowest BCUT2D eigenvalue weighted by molar-refractivity contribution is -0.130. The Hall–Kier alpha value is -4.92. The Kier molecular flexibility index (Phi) is 6.66. The summed E-state index contributed by atoms with van der Waals surface area (Å²) in [5, 5.41) is 11.6. The van der Waals surface area contributed by atoms with Gasteiger partial charge in [0, 0.05) is 24.3 Å². The van der Waals surface area contributed by atoms with E-state index < -0.39 is 29.5 Å². The van der Waals surface area contributed by atoms with Crippen LogP contribution in [-0.4, -0.2) is 46.4 Å². The number of esters is 1. The van der Waals surface area contributed by atoms with Gasteiger partial charge >= 0.3 is 5.97 Å². The van der Waals surface area contributed by atoms with Crippen molar-refractivity contribution in [1.82, 2.24) is 9.88 Å². The number of amides is 1. The van der Waals surface area contributed by atoms with Crippen LogP contribution in [-0.2, 0) is 16.1 Å². The molecule has 2 aromatic carbocycles. The number of ketones is 1. The van der Waals surface area contributed by atoms with Crippen LogP contribution >= 0.6 is 0 Å². The summed E-state index contributed by atoms with van der Waals surface area (Å²) in [6, 6.07) is 15.9. The summed E-state index contributed by atoms with van der Waals surface area (Å²) >= 11 is 0. The van der Waals surface area contributed by atoms with Gasteiger partial charge in [-0.1, -0.05) is 24.3 Å². The molecule has 0 aliphatic carbocycles. The lowest BCUT2D eigenvalue weighted by Gasteiger charge is -2.26. The van der Waals surface area contributed by atoms with Crippen molar-refractivity contribution in [3.05, 3.63) is 107 Å². The van der Waals surface area contributed by atoms with Gasteiger partial charge in [0.2, 0.25) is 5.78 Å². The average Bonchev–Trinajstić information content (AvgIpc) is 3.49. The Bertz CT molecular complexity index is 1560. The number of rotatable bonds is 8. The number of pyridine rings is 1. The van der Waals surface area contributed by atoms with Crippen molar-refractivity contribution in [3.63, 3.8) is 0 Å². The summed E-state index contributed by atoms with van der Waals surface area (Å²) in [6.07, 6.45) is 3.10. The van der Waals surface area contributed by atoms with E-state index in [-0.39, 0.29) is 24.5 Å². The minimum Gasteiger partial charge on any atom is -0.503 e. The number of para-hydroxylation sites is 1. The van der Waals surface area contributed by atoms with E-state index >= 15 is 0 Å². The van der Waals surface area contributed by atoms with Crippen LogP contribution in [0.3, 0.4) is 0 Å². The molecule has 0 saturated carbocycles. The van der Waals surface area contributed by atoms with Gasteiger partial charge in [-0.25, -0.2) is 4.79 Å². The summed E-state index contributed by atoms with van der Waals surface area (Å²) in [6.45, 7) is 2.06. The number of nitrogens with zero attached hydrogens (tertiary/aromatic N) is 2. The fourth-order valence-electron chi connectivity index (χ4n) is 4.54. The van der Waals surface area contributed by atoms with Crippen molar-refractivity contribution in [2.24, 2.45) is 0 Å². The van der Waals surface area contributed by atoms with E-state index in [2.05, 4.69) is 4.98 Å². The predicted octanol–water partition coefficient (Wildman–Crippen LogP) is 4.79. The van der Waals surface area contributed by atoms with Crippen molar-refractivity contribution >= 4 is 28.6 Å². The van der Waals surface area contributed by atoms with E-state index in [0.29, 0.717) is 33.4 Å². The number of carbonyl (C=O) groups excluding carboxylic acids is 3. The second-order valence-corrected chi connectivity index (χ2v) is 8.61. The third-order valence-electron chi connectivity index (χ3n) is 6.34. The molecule has 38 heavy (non-hydrogen) atoms. The zero-order chi connectivity index (χ0) is 26.8. The Balaban J connectivity index is 1.52. The maximum Gasteiger partial charge on any atom is 0.338 e. The van der Waals surface area contributed by atoms with Crippen molar-refractivity contribution in [1.29, 1.82) is 0 Å². The zero-order valence-corrected chi connectivity index (χ0v) is 20.7. The molecule has 1 N–H and O–H groups in total. The fourth-order valence-corrected chi connectivity index (χ4v) is 4.54. The molecule has 1 unspecified atom stereocenters. The highest BCUT2D eigenvalue weighted by molar-refractivity contribution is 6.16. The number of Topliss-reactive ketones (excluding diaryl/α,β-unsaturated/α-hetero) is 1. The molecular formula is C29H24N2O7. The first-order valence-electron chi connectivity index (χ1n) is 11.9. The number of aliphatic hydroxyl groups excluding tert-OH is 1. The number of hydrogen-bond donors (Lipinski definition) is 1. The minimum absolute atomic E-state index is 0.0291. The maximum atomic E-state index is 13.7. The van der Waals surface area contributed by atoms with E-state index in [0.717, 1.165) is 0 Å². The number of aromatic nitrogens is 1. The van der Waals surface area contributed by atoms with Crippen LogP contribution in [0.4, 0.5) is 0 Å². The first-order valence-corrected chi connectivity index (χ1v) is 11.9. The number of furan rings is 1. The average molecular weight is 513 g/mol. The molecule has 192 valence electrons. The van der Waals surface area contributed by atoms with Gasteiger partial charge in [-0.2, -0.15) is 0 Å². The maximum absolute atomic E-state index is 13.7. The molecule has 4 aromatic rings. The van der Waals surface area contributed by atoms with Gasteiger partial charge in [0.25, 0.3) is 5.91 Å². The molecule has 0 bridgehead atoms. The summed E-state index contributed by atoms with van der Waals surface area (Å²) in [5.41, 5.74) is 1.97. The third-order valence-corrected chi connectivity index (χ3v) is 6.34. The number of aliphatic hydroxyl groups is 1. The van der Waals surface area contributed by atoms with E-state index in [4.69, 9.17) is 13.9 Å². The molecule has 1 amide bonds. The van der Waals surface area contributed by atoms with Gasteiger partial charge in [0.1, 0.15) is 0 Å². The molecule has 9 nitrogen and oxygen atoms in total. The minimum atomic E-state index is -0.891. The van der Waals surface area contributed by atoms with Crippen molar-refractivity contribution in [2.45, 2.75) is 19.5 Å². The summed E-state index contributed by atoms with van der Waals surface area (Å²) in [7, 11) is 1.50. The largest absolute Gasteiger partial charge is 0.503 e. The van der Waals surface area contributed by atoms with E-state index in [9.17, 15) is 19.5 Å². The molecule has 0 radical (unpaired) electrons. The second kappa shape index (κ2) is 10.2. The van der Waals surface area contributed by atoms with Crippen molar-refractivity contribution in [2.75, 3.05) is 13.7 Å². The lowest BCUT2D eigenvalue weighted by atomic mass is 9.95. The van der Waals surface area contributed by atoms with Gasteiger partial charge in [-0.3, -0.25) is 14.6 Å². The second-order valence-electron chi connectivity index (χ2n) is 8.61. The number of benzene rings is 2. The van der Waals surface area contributed by atoms with Crippen LogP contribution in [0.25, 0.3) is 11.0 Å². The molecule has 0 saturated heterocycles. The van der Waals surface area contributed by atoms with Crippen molar-refractivity contribution in [3.8, 4) is 5.75 Å². The van der Waals surface area contributed by atoms with Gasteiger partial charge in [0.05, 0.1) is 30.9 Å². The lowest BCUT2D eigenvalue weighted by Crippen LogP contribution is -2.30. The van der Waals surface area contributed by atoms with E-state index in [1.165, 1.54) is 12.0 Å². The standard InChI is InChI=1S/C29H24N2O7/c1-3-37-29(35)19-9-7-17(8-10-19)16-31-24(18-11-13-30-14-12-18)23(26(33)28(31)34)25(32)22-15-20-5-4-6-21(36-2)27(20)38-22/h4-15,24,33H,3,16H2,1-2H3. The summed E-state index contributed by atoms with van der Waals surface area (Å²) in [4.78, 5) is 44.5. The normalized spacial score (nSPS) is 15.3. The molecule has 9 heteroatoms. The Labute approximate surface area is 217 Å². The molecule has 2 aromatic heterocycles. The molecule has 3 heterocycles. The smallest absolute Gasteiger partial charge is 0.338 e. The van der Waals surface area contributed by atoms with Gasteiger partial charge < -0.3 is 23.9 Å². The predicted molar refractivity (Wildman–Crippen MR) is 137 cm³/mol. The Morgan fingerprint density at radius 3 is 2.50 bits per heavy atom. The molecule has 1 aliphatic rings. The molecule has 1 aliphatic heterocycles. The van der Waals surface area contributed by atoms with Gasteiger partial charge in [-0.05, 0) is 54.4 Å². The highest BCUT2D eigenvalue weighted by Crippen LogP contribution is 2.41. The first-order chi connectivity index (χ1) is 18.4.